The number of amides is 3. The van der Waals surface area contributed by atoms with Gasteiger partial charge in [-0.25, -0.2) is 9.18 Å². The van der Waals surface area contributed by atoms with Gasteiger partial charge in [-0.3, -0.25) is 4.79 Å². The summed E-state index contributed by atoms with van der Waals surface area (Å²) in [6, 6.07) is 15.6. The van der Waals surface area contributed by atoms with Crippen LogP contribution in [0.15, 0.2) is 59.5 Å². The van der Waals surface area contributed by atoms with E-state index in [0.29, 0.717) is 19.6 Å². The van der Waals surface area contributed by atoms with Gasteiger partial charge in [0.2, 0.25) is 5.91 Å². The summed E-state index contributed by atoms with van der Waals surface area (Å²) in [4.78, 5) is 27.7. The number of hydrogen-bond donors (Lipinski definition) is 2. The van der Waals surface area contributed by atoms with Gasteiger partial charge in [0.15, 0.2) is 0 Å². The molecule has 5 nitrogen and oxygen atoms in total. The first-order valence-electron chi connectivity index (χ1n) is 9.89. The van der Waals surface area contributed by atoms with Gasteiger partial charge in [0.05, 0.1) is 5.92 Å². The molecule has 3 rings (SSSR count). The largest absolute Gasteiger partial charge is 0.356 e. The van der Waals surface area contributed by atoms with E-state index in [1.165, 1.54) is 12.1 Å². The van der Waals surface area contributed by atoms with Crippen LogP contribution in [0.5, 0.6) is 0 Å². The predicted octanol–water partition coefficient (Wildman–Crippen LogP) is 4.37. The van der Waals surface area contributed by atoms with E-state index < -0.39 is 0 Å². The highest BCUT2D eigenvalue weighted by molar-refractivity contribution is 7.99. The van der Waals surface area contributed by atoms with Crippen molar-refractivity contribution >= 4 is 29.4 Å². The number of rotatable bonds is 7. The van der Waals surface area contributed by atoms with Crippen LogP contribution >= 0.6 is 11.8 Å². The fourth-order valence-electron chi connectivity index (χ4n) is 3.25. The number of para-hydroxylation sites is 1. The van der Waals surface area contributed by atoms with E-state index in [2.05, 4.69) is 10.6 Å². The number of hydrogen-bond acceptors (Lipinski definition) is 3. The topological polar surface area (TPSA) is 61.4 Å². The normalized spacial score (nSPS) is 16.3. The third kappa shape index (κ3) is 6.78. The molecule has 0 saturated carbocycles. The molecule has 0 aromatic heterocycles. The number of piperidine rings is 1. The van der Waals surface area contributed by atoms with Crippen molar-refractivity contribution in [1.82, 2.24) is 10.2 Å². The van der Waals surface area contributed by atoms with Crippen molar-refractivity contribution in [2.45, 2.75) is 24.2 Å². The lowest BCUT2D eigenvalue weighted by Gasteiger charge is -2.32. The average molecular weight is 416 g/mol. The van der Waals surface area contributed by atoms with Crippen molar-refractivity contribution in [3.05, 3.63) is 60.4 Å². The van der Waals surface area contributed by atoms with Gasteiger partial charge < -0.3 is 15.5 Å². The number of thioether (sulfide) groups is 1. The third-order valence-corrected chi connectivity index (χ3v) is 5.91. The second kappa shape index (κ2) is 10.9. The molecule has 1 atom stereocenters. The summed E-state index contributed by atoms with van der Waals surface area (Å²) in [5.41, 5.74) is 0.753. The van der Waals surface area contributed by atoms with E-state index >= 15 is 0 Å². The first-order chi connectivity index (χ1) is 14.1. The van der Waals surface area contributed by atoms with Crippen molar-refractivity contribution in [3.8, 4) is 0 Å². The van der Waals surface area contributed by atoms with Gasteiger partial charge in [0.1, 0.15) is 5.82 Å². The molecule has 7 heteroatoms. The monoisotopic (exact) mass is 415 g/mol. The molecule has 0 spiro atoms. The van der Waals surface area contributed by atoms with Gasteiger partial charge in [-0.15, -0.1) is 11.8 Å². The Bertz CT molecular complexity index is 801. The lowest BCUT2D eigenvalue weighted by molar-refractivity contribution is -0.126. The second-order valence-corrected chi connectivity index (χ2v) is 8.20. The smallest absolute Gasteiger partial charge is 0.321 e. The van der Waals surface area contributed by atoms with E-state index in [4.69, 9.17) is 0 Å². The molecule has 1 saturated heterocycles. The Hall–Kier alpha value is -2.54. The Morgan fingerprint density at radius 1 is 1.10 bits per heavy atom. The zero-order valence-corrected chi connectivity index (χ0v) is 17.1. The van der Waals surface area contributed by atoms with E-state index in [1.807, 2.05) is 30.3 Å². The summed E-state index contributed by atoms with van der Waals surface area (Å²) in [6.07, 6.45) is 2.45. The molecule has 29 heavy (non-hydrogen) atoms. The second-order valence-electron chi connectivity index (χ2n) is 7.03. The molecule has 2 aromatic rings. The van der Waals surface area contributed by atoms with Crippen LogP contribution in [-0.4, -0.2) is 42.2 Å². The molecule has 2 aromatic carbocycles. The Morgan fingerprint density at radius 3 is 2.62 bits per heavy atom. The maximum absolute atomic E-state index is 12.9. The summed E-state index contributed by atoms with van der Waals surface area (Å²) >= 11 is 1.64. The van der Waals surface area contributed by atoms with E-state index in [0.717, 1.165) is 35.6 Å². The minimum Gasteiger partial charge on any atom is -0.356 e. The van der Waals surface area contributed by atoms with Gasteiger partial charge >= 0.3 is 6.03 Å². The molecule has 1 aliphatic rings. The Kier molecular flexibility index (Phi) is 7.93. The van der Waals surface area contributed by atoms with Crippen LogP contribution in [0.4, 0.5) is 14.9 Å². The molecule has 154 valence electrons. The minimum absolute atomic E-state index is 0.00833. The van der Waals surface area contributed by atoms with Crippen LogP contribution in [-0.2, 0) is 4.79 Å². The summed E-state index contributed by atoms with van der Waals surface area (Å²) < 4.78 is 12.9. The number of benzene rings is 2. The lowest BCUT2D eigenvalue weighted by Crippen LogP contribution is -2.47. The zero-order valence-electron chi connectivity index (χ0n) is 16.3. The van der Waals surface area contributed by atoms with Crippen LogP contribution in [0.2, 0.25) is 0 Å². The Labute approximate surface area is 175 Å². The standard InChI is InChI=1S/C22H26FN3O2S/c23-18-9-11-20(12-10-18)29-15-5-13-24-21(27)17-6-4-14-26(16-17)22(28)25-19-7-2-1-3-8-19/h1-3,7-12,17H,4-6,13-16H2,(H,24,27)(H,25,28)/t17-/m0/s1. The maximum Gasteiger partial charge on any atom is 0.321 e. The summed E-state index contributed by atoms with van der Waals surface area (Å²) in [5, 5.41) is 5.87. The number of nitrogens with zero attached hydrogens (tertiary/aromatic N) is 1. The molecule has 0 aliphatic carbocycles. The lowest BCUT2D eigenvalue weighted by atomic mass is 9.97. The fraction of sp³-hybridized carbons (Fsp3) is 0.364. The van der Waals surface area contributed by atoms with Gasteiger partial charge in [0, 0.05) is 30.2 Å². The van der Waals surface area contributed by atoms with Crippen LogP contribution in [0, 0.1) is 11.7 Å². The first-order valence-corrected chi connectivity index (χ1v) is 10.9. The van der Waals surface area contributed by atoms with Crippen LogP contribution in [0.25, 0.3) is 0 Å². The average Bonchev–Trinajstić information content (AvgIpc) is 2.75. The molecule has 0 bridgehead atoms. The molecular formula is C22H26FN3O2S. The molecule has 2 N–H and O–H groups in total. The molecule has 1 heterocycles. The Balaban J connectivity index is 1.36. The van der Waals surface area contributed by atoms with Gasteiger partial charge in [-0.1, -0.05) is 18.2 Å². The molecular weight excluding hydrogens is 389 g/mol. The maximum atomic E-state index is 12.9. The molecule has 3 amide bonds. The van der Waals surface area contributed by atoms with Crippen LogP contribution in [0.1, 0.15) is 19.3 Å². The molecule has 1 aliphatic heterocycles. The van der Waals surface area contributed by atoms with Crippen LogP contribution in [0.3, 0.4) is 0 Å². The molecule has 0 unspecified atom stereocenters. The number of halogens is 1. The van der Waals surface area contributed by atoms with Gasteiger partial charge in [-0.05, 0) is 61.4 Å². The number of carbonyl (C=O) groups is 2. The number of urea groups is 1. The number of carbonyl (C=O) groups excluding carboxylic acids is 2. The molecule has 1 fully saturated rings. The summed E-state index contributed by atoms with van der Waals surface area (Å²) in [5.74, 6) is 0.451. The number of likely N-dealkylation sites (tertiary alicyclic amines) is 1. The minimum atomic E-state index is -0.236. The van der Waals surface area contributed by atoms with Crippen molar-refractivity contribution in [1.29, 1.82) is 0 Å². The van der Waals surface area contributed by atoms with E-state index in [1.54, 1.807) is 28.8 Å². The van der Waals surface area contributed by atoms with Crippen molar-refractivity contribution in [3.63, 3.8) is 0 Å². The van der Waals surface area contributed by atoms with Crippen LogP contribution < -0.4 is 10.6 Å². The quantitative estimate of drug-likeness (QED) is 0.522. The predicted molar refractivity (Wildman–Crippen MR) is 115 cm³/mol. The van der Waals surface area contributed by atoms with Crippen molar-refractivity contribution in [2.24, 2.45) is 5.92 Å². The molecule has 0 radical (unpaired) electrons. The van der Waals surface area contributed by atoms with E-state index in [-0.39, 0.29) is 23.7 Å². The summed E-state index contributed by atoms with van der Waals surface area (Å²) in [6.45, 7) is 1.70. The Morgan fingerprint density at radius 2 is 1.86 bits per heavy atom. The fourth-order valence-corrected chi connectivity index (χ4v) is 4.10. The zero-order chi connectivity index (χ0) is 20.5. The number of anilines is 1. The SMILES string of the molecule is O=C(NCCCSc1ccc(F)cc1)[C@H]1CCCN(C(=O)Nc2ccccc2)C1. The van der Waals surface area contributed by atoms with E-state index in [9.17, 15) is 14.0 Å². The highest BCUT2D eigenvalue weighted by Crippen LogP contribution is 2.20. The highest BCUT2D eigenvalue weighted by atomic mass is 32.2. The van der Waals surface area contributed by atoms with Gasteiger partial charge in [0.25, 0.3) is 0 Å². The third-order valence-electron chi connectivity index (χ3n) is 4.81. The first kappa shape index (κ1) is 21.2. The van der Waals surface area contributed by atoms with Crippen molar-refractivity contribution in [2.75, 3.05) is 30.7 Å². The van der Waals surface area contributed by atoms with Gasteiger partial charge in [-0.2, -0.15) is 0 Å². The highest BCUT2D eigenvalue weighted by Gasteiger charge is 2.28. The number of nitrogens with one attached hydrogen (secondary N) is 2. The summed E-state index contributed by atoms with van der Waals surface area (Å²) in [7, 11) is 0. The van der Waals surface area contributed by atoms with Crippen molar-refractivity contribution < 1.29 is 14.0 Å².